The summed E-state index contributed by atoms with van der Waals surface area (Å²) in [6.07, 6.45) is -2.93. The van der Waals surface area contributed by atoms with Crippen LogP contribution >= 0.6 is 0 Å². The number of aliphatic hydroxyl groups excluding tert-OH is 2. The normalized spacial score (nSPS) is 28.1. The molecule has 0 aromatic carbocycles. The fraction of sp³-hybridized carbons (Fsp3) is 1.00. The van der Waals surface area contributed by atoms with Crippen LogP contribution in [0.15, 0.2) is 0 Å². The molecule has 1 aliphatic rings. The van der Waals surface area contributed by atoms with Crippen molar-refractivity contribution in [3.8, 4) is 0 Å². The average molecular weight is 404 g/mol. The minimum Gasteiger partial charge on any atom is -0.414 e. The van der Waals surface area contributed by atoms with Crippen molar-refractivity contribution >= 4 is 25.0 Å². The fourth-order valence-electron chi connectivity index (χ4n) is 3.55. The summed E-state index contributed by atoms with van der Waals surface area (Å²) in [5.41, 5.74) is 0.241. The van der Waals surface area contributed by atoms with Gasteiger partial charge < -0.3 is 28.3 Å². The Hall–Kier alpha value is 0.259. The van der Waals surface area contributed by atoms with Crippen LogP contribution in [-0.4, -0.2) is 70.9 Å². The van der Waals surface area contributed by atoms with Crippen LogP contribution < -0.4 is 0 Å². The van der Waals surface area contributed by atoms with Gasteiger partial charge >= 0.3 is 17.1 Å². The SMILES string of the molecule is [B][C@@H]1O[C@H](CO[Si](O[Si](O)(C(C)C)C(C)C)(C(C)C)C(C)C)C(O)C1O. The third kappa shape index (κ3) is 4.81. The van der Waals surface area contributed by atoms with Gasteiger partial charge in [-0.05, 0) is 22.2 Å². The summed E-state index contributed by atoms with van der Waals surface area (Å²) in [6, 6.07) is -0.925. The van der Waals surface area contributed by atoms with E-state index in [0.717, 1.165) is 0 Å². The van der Waals surface area contributed by atoms with Gasteiger partial charge in [-0.15, -0.1) is 0 Å². The van der Waals surface area contributed by atoms with Gasteiger partial charge in [-0.1, -0.05) is 55.4 Å². The van der Waals surface area contributed by atoms with E-state index in [0.29, 0.717) is 0 Å². The zero-order chi connectivity index (χ0) is 20.4. The number of rotatable bonds is 9. The summed E-state index contributed by atoms with van der Waals surface area (Å²) < 4.78 is 18.4. The lowest BCUT2D eigenvalue weighted by atomic mass is 9.93. The van der Waals surface area contributed by atoms with Crippen LogP contribution in [0.1, 0.15) is 55.4 Å². The topological polar surface area (TPSA) is 88.4 Å². The zero-order valence-electron chi connectivity index (χ0n) is 17.5. The molecule has 2 radical (unpaired) electrons. The Kier molecular flexibility index (Phi) is 8.57. The molecule has 3 N–H and O–H groups in total. The van der Waals surface area contributed by atoms with E-state index in [-0.39, 0.29) is 28.8 Å². The quantitative estimate of drug-likeness (QED) is 0.511. The van der Waals surface area contributed by atoms with Crippen molar-refractivity contribution in [2.75, 3.05) is 6.61 Å². The van der Waals surface area contributed by atoms with Gasteiger partial charge in [0.2, 0.25) is 0 Å². The number of hydrogen-bond acceptors (Lipinski definition) is 6. The third-order valence-electron chi connectivity index (χ3n) is 5.46. The third-order valence-corrected chi connectivity index (χ3v) is 15.2. The lowest BCUT2D eigenvalue weighted by molar-refractivity contribution is -0.0114. The van der Waals surface area contributed by atoms with Gasteiger partial charge in [0.15, 0.2) is 0 Å². The highest BCUT2D eigenvalue weighted by Gasteiger charge is 2.55. The molecule has 1 aliphatic heterocycles. The van der Waals surface area contributed by atoms with Crippen molar-refractivity contribution in [2.45, 2.75) is 102 Å². The first-order valence-corrected chi connectivity index (χ1v) is 13.6. The highest BCUT2D eigenvalue weighted by Crippen LogP contribution is 2.42. The van der Waals surface area contributed by atoms with Crippen LogP contribution in [0, 0.1) is 0 Å². The molecule has 152 valence electrons. The van der Waals surface area contributed by atoms with Crippen molar-refractivity contribution in [1.29, 1.82) is 0 Å². The molecule has 1 rings (SSSR count). The Bertz CT molecular complexity index is 433. The highest BCUT2D eigenvalue weighted by atomic mass is 28.5. The van der Waals surface area contributed by atoms with Gasteiger partial charge in [-0.2, -0.15) is 0 Å². The van der Waals surface area contributed by atoms with Crippen molar-refractivity contribution in [1.82, 2.24) is 0 Å². The van der Waals surface area contributed by atoms with Crippen molar-refractivity contribution in [2.24, 2.45) is 0 Å². The predicted molar refractivity (Wildman–Crippen MR) is 108 cm³/mol. The standard InChI is InChI=1S/C17H37BO6Si2/c1-10(2)25(21,11(3)4)24-26(12(5)6,13(7)8)22-9-14-15(19)16(20)17(18)23-14/h10-17,19-21H,9H2,1-8H3/t14-,15?,16?,17-/m1/s1. The molecule has 6 nitrogen and oxygen atoms in total. The van der Waals surface area contributed by atoms with E-state index < -0.39 is 41.4 Å². The minimum absolute atomic E-state index is 0.0269. The average Bonchev–Trinajstić information content (AvgIpc) is 2.77. The smallest absolute Gasteiger partial charge is 0.334 e. The van der Waals surface area contributed by atoms with Crippen LogP contribution in [0.25, 0.3) is 0 Å². The number of aliphatic hydroxyl groups is 2. The second-order valence-electron chi connectivity index (χ2n) is 8.63. The Morgan fingerprint density at radius 3 is 1.65 bits per heavy atom. The summed E-state index contributed by atoms with van der Waals surface area (Å²) in [4.78, 5) is 11.4. The molecule has 0 aromatic rings. The minimum atomic E-state index is -3.03. The Labute approximate surface area is 162 Å². The molecule has 1 fully saturated rings. The van der Waals surface area contributed by atoms with Gasteiger partial charge in [-0.3, -0.25) is 0 Å². The van der Waals surface area contributed by atoms with E-state index in [2.05, 4.69) is 0 Å². The number of hydrogen-bond donors (Lipinski definition) is 3. The molecule has 0 saturated carbocycles. The summed E-state index contributed by atoms with van der Waals surface area (Å²) in [5.74, 6) is 0. The first-order chi connectivity index (χ1) is 11.8. The Morgan fingerprint density at radius 2 is 1.35 bits per heavy atom. The van der Waals surface area contributed by atoms with E-state index in [1.165, 1.54) is 0 Å². The highest BCUT2D eigenvalue weighted by molar-refractivity contribution is 6.83. The summed E-state index contributed by atoms with van der Waals surface area (Å²) in [7, 11) is -0.222. The molecule has 1 heterocycles. The number of ether oxygens (including phenoxy) is 1. The molecule has 9 heteroatoms. The maximum Gasteiger partial charge on any atom is 0.334 e. The largest absolute Gasteiger partial charge is 0.414 e. The molecule has 1 saturated heterocycles. The van der Waals surface area contributed by atoms with Gasteiger partial charge in [0, 0.05) is 6.00 Å². The Morgan fingerprint density at radius 1 is 0.885 bits per heavy atom. The Balaban J connectivity index is 3.08. The van der Waals surface area contributed by atoms with Gasteiger partial charge in [-0.25, -0.2) is 0 Å². The molecule has 0 aliphatic carbocycles. The second-order valence-corrected chi connectivity index (χ2v) is 17.3. The fourth-order valence-corrected chi connectivity index (χ4v) is 13.4. The van der Waals surface area contributed by atoms with Crippen molar-refractivity contribution in [3.63, 3.8) is 0 Å². The van der Waals surface area contributed by atoms with Crippen LogP contribution in [-0.2, 0) is 13.3 Å². The molecule has 2 unspecified atom stereocenters. The van der Waals surface area contributed by atoms with Gasteiger partial charge in [0.05, 0.1) is 12.7 Å². The zero-order valence-corrected chi connectivity index (χ0v) is 19.5. The van der Waals surface area contributed by atoms with Crippen LogP contribution in [0.5, 0.6) is 0 Å². The van der Waals surface area contributed by atoms with E-state index in [4.69, 9.17) is 21.1 Å². The predicted octanol–water partition coefficient (Wildman–Crippen LogP) is 2.15. The molecular weight excluding hydrogens is 367 g/mol. The summed E-state index contributed by atoms with van der Waals surface area (Å²) >= 11 is 0. The van der Waals surface area contributed by atoms with Crippen molar-refractivity contribution < 1.29 is 28.3 Å². The van der Waals surface area contributed by atoms with E-state index in [1.807, 2.05) is 55.4 Å². The molecule has 0 bridgehead atoms. The lowest BCUT2D eigenvalue weighted by Crippen LogP contribution is -2.60. The maximum atomic E-state index is 11.4. The van der Waals surface area contributed by atoms with E-state index in [9.17, 15) is 15.0 Å². The maximum absolute atomic E-state index is 11.4. The summed E-state index contributed by atoms with van der Waals surface area (Å²) in [5, 5.41) is 19.9. The van der Waals surface area contributed by atoms with E-state index in [1.54, 1.807) is 0 Å². The molecule has 26 heavy (non-hydrogen) atoms. The van der Waals surface area contributed by atoms with Gasteiger partial charge in [0.1, 0.15) is 20.1 Å². The van der Waals surface area contributed by atoms with Crippen LogP contribution in [0.4, 0.5) is 0 Å². The molecule has 0 spiro atoms. The molecule has 0 amide bonds. The molecule has 4 atom stereocenters. The first kappa shape index (κ1) is 24.3. The first-order valence-electron chi connectivity index (χ1n) is 9.63. The molecular formula is C17H37BO6Si2. The lowest BCUT2D eigenvalue weighted by Gasteiger charge is -2.46. The van der Waals surface area contributed by atoms with Crippen LogP contribution in [0.2, 0.25) is 22.2 Å². The van der Waals surface area contributed by atoms with Crippen molar-refractivity contribution in [3.05, 3.63) is 0 Å². The second kappa shape index (κ2) is 9.17. The van der Waals surface area contributed by atoms with E-state index >= 15 is 0 Å². The van der Waals surface area contributed by atoms with Gasteiger partial charge in [0.25, 0.3) is 0 Å². The monoisotopic (exact) mass is 404 g/mol. The molecule has 0 aromatic heterocycles. The van der Waals surface area contributed by atoms with Crippen LogP contribution in [0.3, 0.4) is 0 Å². The summed E-state index contributed by atoms with van der Waals surface area (Å²) in [6.45, 7) is 16.2.